The molecule has 2 heterocycles. The van der Waals surface area contributed by atoms with E-state index in [0.29, 0.717) is 41.0 Å². The van der Waals surface area contributed by atoms with Crippen LogP contribution in [0.1, 0.15) is 19.4 Å². The summed E-state index contributed by atoms with van der Waals surface area (Å²) in [6.07, 6.45) is 0. The molecule has 0 bridgehead atoms. The summed E-state index contributed by atoms with van der Waals surface area (Å²) in [6, 6.07) is 7.39. The molecule has 0 aliphatic rings. The first kappa shape index (κ1) is 23.6. The van der Waals surface area contributed by atoms with Crippen LogP contribution in [0.25, 0.3) is 11.2 Å². The molecule has 3 rings (SSSR count). The van der Waals surface area contributed by atoms with Gasteiger partial charge in [-0.3, -0.25) is 9.13 Å². The third-order valence-corrected chi connectivity index (χ3v) is 6.95. The van der Waals surface area contributed by atoms with Crippen molar-refractivity contribution >= 4 is 45.8 Å². The molecule has 0 saturated carbocycles. The zero-order valence-electron chi connectivity index (χ0n) is 17.6. The average Bonchev–Trinajstić information content (AvgIpc) is 3.05. The van der Waals surface area contributed by atoms with Gasteiger partial charge in [-0.1, -0.05) is 12.1 Å². The highest BCUT2D eigenvalue weighted by atomic mass is 79.9. The Kier molecular flexibility index (Phi) is 8.01. The van der Waals surface area contributed by atoms with E-state index < -0.39 is 7.60 Å². The fourth-order valence-corrected chi connectivity index (χ4v) is 5.05. The number of rotatable bonds is 11. The van der Waals surface area contributed by atoms with Gasteiger partial charge in [0.15, 0.2) is 21.7 Å². The molecule has 0 fully saturated rings. The number of fused-ring (bicyclic) bond motifs is 1. The van der Waals surface area contributed by atoms with Crippen molar-refractivity contribution in [3.63, 3.8) is 0 Å². The lowest BCUT2D eigenvalue weighted by atomic mass is 10.2. The minimum Gasteiger partial charge on any atom is -0.461 e. The smallest absolute Gasteiger partial charge is 0.361 e. The normalized spacial score (nSPS) is 11.9. The molecule has 12 heteroatoms. The zero-order chi connectivity index (χ0) is 22.4. The quantitative estimate of drug-likeness (QED) is 0.234. The molecule has 2 N–H and O–H groups in total. The van der Waals surface area contributed by atoms with Crippen molar-refractivity contribution in [1.82, 2.24) is 19.5 Å². The molecule has 10 nitrogen and oxygen atoms in total. The molecule has 0 amide bonds. The number of methoxy groups -OCH3 is 1. The van der Waals surface area contributed by atoms with Gasteiger partial charge in [-0.25, -0.2) is 4.98 Å². The second-order valence-electron chi connectivity index (χ2n) is 6.37. The van der Waals surface area contributed by atoms with Crippen LogP contribution < -0.4 is 15.8 Å². The van der Waals surface area contributed by atoms with Gasteiger partial charge in [-0.15, -0.1) is 0 Å². The summed E-state index contributed by atoms with van der Waals surface area (Å²) < 4.78 is 36.9. The SMILES string of the molecule is CCOP(=O)(OCC)c1cccc(Cn2c(Br)nc3c(N)nc(OCCOC)nc32)c1. The Hall–Kier alpha value is -2.04. The molecule has 0 aliphatic heterocycles. The number of halogens is 1. The number of aromatic nitrogens is 4. The second kappa shape index (κ2) is 10.5. The average molecular weight is 514 g/mol. The minimum absolute atomic E-state index is 0.140. The van der Waals surface area contributed by atoms with Crippen molar-refractivity contribution in [3.05, 3.63) is 34.6 Å². The van der Waals surface area contributed by atoms with Gasteiger partial charge >= 0.3 is 13.6 Å². The fraction of sp³-hybridized carbons (Fsp3) is 0.421. The van der Waals surface area contributed by atoms with Crippen molar-refractivity contribution in [3.8, 4) is 6.01 Å². The number of nitrogen functional groups attached to an aromatic ring is 1. The summed E-state index contributed by atoms with van der Waals surface area (Å²) in [5.74, 6) is 0.211. The molecule has 0 atom stereocenters. The lowest BCUT2D eigenvalue weighted by Crippen LogP contribution is -2.13. The molecule has 31 heavy (non-hydrogen) atoms. The number of benzene rings is 1. The first-order valence-electron chi connectivity index (χ1n) is 9.71. The number of nitrogens with zero attached hydrogens (tertiary/aromatic N) is 4. The predicted octanol–water partition coefficient (Wildman–Crippen LogP) is 3.14. The highest BCUT2D eigenvalue weighted by Gasteiger charge is 2.27. The molecule has 0 spiro atoms. The van der Waals surface area contributed by atoms with Crippen LogP contribution in [-0.4, -0.2) is 53.1 Å². The van der Waals surface area contributed by atoms with Gasteiger partial charge in [0.25, 0.3) is 0 Å². The number of imidazole rings is 1. The monoisotopic (exact) mass is 513 g/mol. The molecule has 2 aromatic heterocycles. The van der Waals surface area contributed by atoms with E-state index in [9.17, 15) is 4.57 Å². The minimum atomic E-state index is -3.39. The predicted molar refractivity (Wildman–Crippen MR) is 121 cm³/mol. The van der Waals surface area contributed by atoms with Crippen LogP contribution in [-0.2, 0) is 24.9 Å². The van der Waals surface area contributed by atoms with Gasteiger partial charge in [0, 0.05) is 7.11 Å². The van der Waals surface area contributed by atoms with Crippen LogP contribution in [0.5, 0.6) is 6.01 Å². The van der Waals surface area contributed by atoms with Crippen LogP contribution >= 0.6 is 23.5 Å². The summed E-state index contributed by atoms with van der Waals surface area (Å²) >= 11 is 3.46. The Morgan fingerprint density at radius 3 is 2.55 bits per heavy atom. The summed E-state index contributed by atoms with van der Waals surface area (Å²) in [7, 11) is -1.81. The molecule has 0 unspecified atom stereocenters. The van der Waals surface area contributed by atoms with Crippen molar-refractivity contribution in [1.29, 1.82) is 0 Å². The van der Waals surface area contributed by atoms with E-state index in [1.165, 1.54) is 0 Å². The van der Waals surface area contributed by atoms with Gasteiger partial charge in [0.2, 0.25) is 0 Å². The Morgan fingerprint density at radius 2 is 1.87 bits per heavy atom. The maximum Gasteiger partial charge on any atom is 0.361 e. The van der Waals surface area contributed by atoms with E-state index in [1.54, 1.807) is 33.1 Å². The van der Waals surface area contributed by atoms with Crippen molar-refractivity contribution in [2.75, 3.05) is 39.3 Å². The van der Waals surface area contributed by atoms with Crippen molar-refractivity contribution in [2.24, 2.45) is 0 Å². The maximum atomic E-state index is 13.1. The molecule has 3 aromatic rings. The Morgan fingerprint density at radius 1 is 1.13 bits per heavy atom. The van der Waals surface area contributed by atoms with Crippen molar-refractivity contribution in [2.45, 2.75) is 20.4 Å². The number of ether oxygens (including phenoxy) is 2. The third-order valence-electron chi connectivity index (χ3n) is 4.24. The summed E-state index contributed by atoms with van der Waals surface area (Å²) in [5.41, 5.74) is 7.88. The molecule has 0 radical (unpaired) electrons. The number of hydrogen-bond donors (Lipinski definition) is 1. The van der Waals surface area contributed by atoms with E-state index in [1.807, 2.05) is 16.7 Å². The van der Waals surface area contributed by atoms with Crippen LogP contribution in [0.4, 0.5) is 5.82 Å². The number of nitrogens with two attached hydrogens (primary N) is 1. The topological polar surface area (TPSA) is 124 Å². The largest absolute Gasteiger partial charge is 0.461 e. The molecule has 1 aromatic carbocycles. The zero-order valence-corrected chi connectivity index (χ0v) is 20.1. The van der Waals surface area contributed by atoms with Crippen molar-refractivity contribution < 1.29 is 23.1 Å². The van der Waals surface area contributed by atoms with Gasteiger partial charge in [-0.05, 0) is 47.5 Å². The Bertz CT molecular complexity index is 1080. The Labute approximate surface area is 188 Å². The first-order chi connectivity index (χ1) is 14.9. The van der Waals surface area contributed by atoms with E-state index in [-0.39, 0.29) is 25.0 Å². The molecule has 168 valence electrons. The standard InChI is InChI=1S/C19H25BrN5O5P/c1-4-29-31(26,30-5-2)14-8-6-7-13(11-14)12-25-17-15(22-18(25)20)16(21)23-19(24-17)28-10-9-27-3/h6-8,11H,4-5,9-10,12H2,1-3H3,(H2,21,23,24). The van der Waals surface area contributed by atoms with Gasteiger partial charge < -0.3 is 24.3 Å². The molecular formula is C19H25BrN5O5P. The Balaban J connectivity index is 1.96. The van der Waals surface area contributed by atoms with Crippen LogP contribution in [0.3, 0.4) is 0 Å². The molecule has 0 aliphatic carbocycles. The molecule has 0 saturated heterocycles. The second-order valence-corrected chi connectivity index (χ2v) is 9.11. The van der Waals surface area contributed by atoms with Crippen LogP contribution in [0, 0.1) is 0 Å². The number of hydrogen-bond acceptors (Lipinski definition) is 9. The van der Waals surface area contributed by atoms with E-state index >= 15 is 0 Å². The van der Waals surface area contributed by atoms with Crippen LogP contribution in [0.15, 0.2) is 29.0 Å². The third kappa shape index (κ3) is 5.42. The van der Waals surface area contributed by atoms with E-state index in [2.05, 4.69) is 30.9 Å². The van der Waals surface area contributed by atoms with E-state index in [4.69, 9.17) is 24.3 Å². The lowest BCUT2D eigenvalue weighted by Gasteiger charge is -2.18. The highest BCUT2D eigenvalue weighted by molar-refractivity contribution is 9.10. The first-order valence-corrected chi connectivity index (χ1v) is 12.0. The van der Waals surface area contributed by atoms with Crippen LogP contribution in [0.2, 0.25) is 0 Å². The van der Waals surface area contributed by atoms with Gasteiger partial charge in [0.05, 0.1) is 31.7 Å². The summed E-state index contributed by atoms with van der Waals surface area (Å²) in [4.78, 5) is 13.0. The van der Waals surface area contributed by atoms with Gasteiger partial charge in [0.1, 0.15) is 6.61 Å². The molecular weight excluding hydrogens is 489 g/mol. The number of anilines is 1. The fourth-order valence-electron chi connectivity index (χ4n) is 2.93. The maximum absolute atomic E-state index is 13.1. The lowest BCUT2D eigenvalue weighted by molar-refractivity contribution is 0.141. The van der Waals surface area contributed by atoms with Gasteiger partial charge in [-0.2, -0.15) is 9.97 Å². The highest BCUT2D eigenvalue weighted by Crippen LogP contribution is 2.46. The summed E-state index contributed by atoms with van der Waals surface area (Å²) in [6.45, 7) is 5.20. The van der Waals surface area contributed by atoms with E-state index in [0.717, 1.165) is 5.56 Å². The summed E-state index contributed by atoms with van der Waals surface area (Å²) in [5, 5.41) is 0.493.